The van der Waals surface area contributed by atoms with Crippen molar-refractivity contribution >= 4 is 15.7 Å². The van der Waals surface area contributed by atoms with Gasteiger partial charge in [0.15, 0.2) is 9.84 Å². The summed E-state index contributed by atoms with van der Waals surface area (Å²) in [6.45, 7) is 0.489. The third kappa shape index (κ3) is 4.95. The number of nitrogens with zero attached hydrogens (tertiary/aromatic N) is 1. The van der Waals surface area contributed by atoms with Gasteiger partial charge >= 0.3 is 6.18 Å². The number of benzene rings is 1. The molecule has 3 rings (SSSR count). The second-order valence-electron chi connectivity index (χ2n) is 6.83. The summed E-state index contributed by atoms with van der Waals surface area (Å²) in [5, 5.41) is -0.632. The highest BCUT2D eigenvalue weighted by Gasteiger charge is 2.35. The summed E-state index contributed by atoms with van der Waals surface area (Å²) in [4.78, 5) is 13.9. The van der Waals surface area contributed by atoms with Crippen molar-refractivity contribution in [2.45, 2.75) is 36.4 Å². The van der Waals surface area contributed by atoms with Crippen molar-refractivity contribution in [2.24, 2.45) is 0 Å². The number of furan rings is 1. The zero-order chi connectivity index (χ0) is 20.4. The van der Waals surface area contributed by atoms with Gasteiger partial charge in [-0.05, 0) is 42.7 Å². The van der Waals surface area contributed by atoms with Crippen LogP contribution in [0.25, 0.3) is 0 Å². The molecular formula is C19H20F3NO4S. The molecule has 1 aliphatic heterocycles. The minimum atomic E-state index is -4.39. The van der Waals surface area contributed by atoms with Crippen LogP contribution in [0.4, 0.5) is 13.2 Å². The van der Waals surface area contributed by atoms with Crippen LogP contribution >= 0.6 is 0 Å². The average Bonchev–Trinajstić information content (AvgIpc) is 3.31. The first-order chi connectivity index (χ1) is 13.1. The van der Waals surface area contributed by atoms with E-state index in [9.17, 15) is 26.4 Å². The third-order valence-corrected chi connectivity index (χ3v) is 6.93. The lowest BCUT2D eigenvalue weighted by Gasteiger charge is -2.17. The maximum Gasteiger partial charge on any atom is 0.416 e. The number of likely N-dealkylation sites (tertiary alicyclic amines) is 1. The lowest BCUT2D eigenvalue weighted by atomic mass is 10.1. The zero-order valence-electron chi connectivity index (χ0n) is 15.0. The predicted octanol–water partition coefficient (Wildman–Crippen LogP) is 3.45. The van der Waals surface area contributed by atoms with Gasteiger partial charge in [0.25, 0.3) is 0 Å². The molecule has 0 N–H and O–H groups in total. The van der Waals surface area contributed by atoms with E-state index in [-0.39, 0.29) is 24.6 Å². The molecule has 1 unspecified atom stereocenters. The Morgan fingerprint density at radius 2 is 1.89 bits per heavy atom. The van der Waals surface area contributed by atoms with E-state index < -0.39 is 26.8 Å². The molecular weight excluding hydrogens is 395 g/mol. The van der Waals surface area contributed by atoms with Crippen molar-refractivity contribution in [3.63, 3.8) is 0 Å². The molecule has 0 spiro atoms. The van der Waals surface area contributed by atoms with Crippen molar-refractivity contribution < 1.29 is 30.8 Å². The largest absolute Gasteiger partial charge is 0.468 e. The molecule has 1 fully saturated rings. The molecule has 1 atom stereocenters. The molecule has 1 amide bonds. The van der Waals surface area contributed by atoms with Crippen molar-refractivity contribution in [1.82, 2.24) is 4.90 Å². The monoisotopic (exact) mass is 415 g/mol. The van der Waals surface area contributed by atoms with Crippen LogP contribution in [0.5, 0.6) is 0 Å². The molecule has 1 aliphatic rings. The Morgan fingerprint density at radius 1 is 1.18 bits per heavy atom. The van der Waals surface area contributed by atoms with Gasteiger partial charge in [-0.25, -0.2) is 8.42 Å². The van der Waals surface area contributed by atoms with Gasteiger partial charge in [-0.3, -0.25) is 4.79 Å². The Morgan fingerprint density at radius 3 is 2.50 bits per heavy atom. The van der Waals surface area contributed by atoms with Gasteiger partial charge in [0.1, 0.15) is 11.5 Å². The smallest absolute Gasteiger partial charge is 0.416 e. The van der Waals surface area contributed by atoms with E-state index in [1.54, 1.807) is 12.1 Å². The highest BCUT2D eigenvalue weighted by molar-refractivity contribution is 7.91. The molecule has 0 saturated carbocycles. The van der Waals surface area contributed by atoms with Gasteiger partial charge in [-0.15, -0.1) is 0 Å². The lowest BCUT2D eigenvalue weighted by Crippen LogP contribution is -2.32. The van der Waals surface area contributed by atoms with Crippen molar-refractivity contribution in [1.29, 1.82) is 0 Å². The molecule has 1 aromatic heterocycles. The number of amides is 1. The van der Waals surface area contributed by atoms with Crippen molar-refractivity contribution in [2.75, 3.05) is 13.1 Å². The first-order valence-corrected chi connectivity index (χ1v) is 10.5. The summed E-state index contributed by atoms with van der Waals surface area (Å²) in [5.41, 5.74) is -0.103. The molecule has 0 aliphatic carbocycles. The minimum absolute atomic E-state index is 0.121. The molecule has 1 saturated heterocycles. The molecule has 2 aromatic rings. The van der Waals surface area contributed by atoms with Crippen LogP contribution in [0.15, 0.2) is 47.1 Å². The summed E-state index contributed by atoms with van der Waals surface area (Å²) in [6, 6.07) is 7.92. The number of carbonyl (C=O) groups is 1. The van der Waals surface area contributed by atoms with E-state index in [1.807, 2.05) is 0 Å². The van der Waals surface area contributed by atoms with Crippen LogP contribution in [-0.2, 0) is 33.0 Å². The molecule has 152 valence electrons. The molecule has 28 heavy (non-hydrogen) atoms. The topological polar surface area (TPSA) is 67.6 Å². The number of carbonyl (C=O) groups excluding carboxylic acids is 1. The van der Waals surface area contributed by atoms with E-state index >= 15 is 0 Å². The summed E-state index contributed by atoms with van der Waals surface area (Å²) >= 11 is 0. The molecule has 5 nitrogen and oxygen atoms in total. The van der Waals surface area contributed by atoms with Crippen LogP contribution < -0.4 is 0 Å². The fourth-order valence-corrected chi connectivity index (χ4v) is 4.90. The van der Waals surface area contributed by atoms with Crippen LogP contribution in [0.1, 0.15) is 29.7 Å². The number of hydrogen-bond acceptors (Lipinski definition) is 4. The predicted molar refractivity (Wildman–Crippen MR) is 96.1 cm³/mol. The maximum atomic E-state index is 12.6. The van der Waals surface area contributed by atoms with Gasteiger partial charge in [0.2, 0.25) is 5.91 Å². The van der Waals surface area contributed by atoms with Crippen molar-refractivity contribution in [3.8, 4) is 0 Å². The van der Waals surface area contributed by atoms with E-state index in [1.165, 1.54) is 23.3 Å². The fraction of sp³-hybridized carbons (Fsp3) is 0.421. The highest BCUT2D eigenvalue weighted by Crippen LogP contribution is 2.29. The summed E-state index contributed by atoms with van der Waals surface area (Å²) in [6.07, 6.45) is -2.18. The Hall–Kier alpha value is -2.29. The number of rotatable bonds is 6. The highest BCUT2D eigenvalue weighted by atomic mass is 32.2. The Balaban J connectivity index is 1.52. The first-order valence-electron chi connectivity index (χ1n) is 8.83. The fourth-order valence-electron chi connectivity index (χ4n) is 3.23. The maximum absolute atomic E-state index is 12.6. The van der Waals surface area contributed by atoms with E-state index in [4.69, 9.17) is 4.42 Å². The first kappa shape index (κ1) is 20.4. The Bertz CT molecular complexity index is 906. The third-order valence-electron chi connectivity index (χ3n) is 4.84. The van der Waals surface area contributed by atoms with E-state index in [0.29, 0.717) is 30.7 Å². The van der Waals surface area contributed by atoms with Gasteiger partial charge in [0.05, 0.1) is 17.1 Å². The number of aryl methyl sites for hydroxylation is 1. The van der Waals surface area contributed by atoms with E-state index in [2.05, 4.69) is 0 Å². The number of sulfone groups is 1. The van der Waals surface area contributed by atoms with E-state index in [0.717, 1.165) is 12.1 Å². The second kappa shape index (κ2) is 7.98. The standard InChI is InChI=1S/C19H20F3NO4S/c20-19(21,22)15-6-3-14(4-7-15)5-8-18(24)23-10-9-17(12-23)28(25,26)13-16-2-1-11-27-16/h1-4,6-7,11,17H,5,8-10,12-13H2. The quantitative estimate of drug-likeness (QED) is 0.725. The number of alkyl halides is 3. The summed E-state index contributed by atoms with van der Waals surface area (Å²) in [7, 11) is -3.43. The van der Waals surface area contributed by atoms with Crippen LogP contribution in [0.3, 0.4) is 0 Å². The minimum Gasteiger partial charge on any atom is -0.468 e. The Kier molecular flexibility index (Phi) is 5.83. The second-order valence-corrected chi connectivity index (χ2v) is 9.11. The average molecular weight is 415 g/mol. The van der Waals surface area contributed by atoms with Gasteiger partial charge in [-0.1, -0.05) is 12.1 Å². The number of hydrogen-bond donors (Lipinski definition) is 0. The molecule has 9 heteroatoms. The Labute approximate surface area is 161 Å². The molecule has 2 heterocycles. The van der Waals surface area contributed by atoms with Gasteiger partial charge in [-0.2, -0.15) is 13.2 Å². The van der Waals surface area contributed by atoms with Crippen molar-refractivity contribution in [3.05, 3.63) is 59.5 Å². The number of halogens is 3. The summed E-state index contributed by atoms with van der Waals surface area (Å²) in [5.74, 6) is -0.0270. The molecule has 0 bridgehead atoms. The zero-order valence-corrected chi connectivity index (χ0v) is 15.8. The normalized spacial score (nSPS) is 17.8. The molecule has 0 radical (unpaired) electrons. The van der Waals surface area contributed by atoms with Crippen LogP contribution in [0.2, 0.25) is 0 Å². The molecule has 1 aromatic carbocycles. The lowest BCUT2D eigenvalue weighted by molar-refractivity contribution is -0.137. The SMILES string of the molecule is O=C(CCc1ccc(C(F)(F)F)cc1)N1CCC(S(=O)(=O)Cc2ccco2)C1. The summed E-state index contributed by atoms with van der Waals surface area (Å²) < 4.78 is 67.8. The van der Waals surface area contributed by atoms with Gasteiger partial charge < -0.3 is 9.32 Å². The van der Waals surface area contributed by atoms with Crippen LogP contribution in [-0.4, -0.2) is 37.6 Å². The van der Waals surface area contributed by atoms with Crippen LogP contribution in [0, 0.1) is 0 Å². The van der Waals surface area contributed by atoms with Gasteiger partial charge in [0, 0.05) is 19.5 Å².